The Hall–Kier alpha value is -5.12. The number of ether oxygens (including phenoxy) is 3. The van der Waals surface area contributed by atoms with Gasteiger partial charge < -0.3 is 18.8 Å². The second-order valence-corrected chi connectivity index (χ2v) is 9.97. The summed E-state index contributed by atoms with van der Waals surface area (Å²) in [5.41, 5.74) is 1.16. The quantitative estimate of drug-likeness (QED) is 0.192. The standard InChI is InChI=1S/C32H25F2N3O5/c1-40-29-13-22-26(14-30(29)41-2)35-10-9-28(22)42-32-25(34)11-18(15-36-32)12-27(38)24-17-37(21-7-8-21)16-23(31(24)39)19-3-5-20(33)6-4-19/h3-6,9-11,13-17,21H,7-8,12H2,1-2H3. The molecule has 1 saturated carbocycles. The van der Waals surface area contributed by atoms with Crippen LogP contribution in [0.25, 0.3) is 22.0 Å². The molecule has 0 atom stereocenters. The lowest BCUT2D eigenvalue weighted by Gasteiger charge is -2.13. The number of pyridine rings is 3. The molecular weight excluding hydrogens is 544 g/mol. The number of carbonyl (C=O) groups excluding carboxylic acids is 1. The normalized spacial score (nSPS) is 12.8. The second kappa shape index (κ2) is 11.0. The van der Waals surface area contributed by atoms with Crippen LogP contribution in [0.3, 0.4) is 0 Å². The molecule has 1 aliphatic rings. The largest absolute Gasteiger partial charge is 0.493 e. The van der Waals surface area contributed by atoms with Crippen LogP contribution >= 0.6 is 0 Å². The van der Waals surface area contributed by atoms with Crippen molar-refractivity contribution in [2.45, 2.75) is 25.3 Å². The number of halogens is 2. The van der Waals surface area contributed by atoms with E-state index in [1.807, 2.05) is 4.57 Å². The van der Waals surface area contributed by atoms with E-state index in [4.69, 9.17) is 14.2 Å². The van der Waals surface area contributed by atoms with Gasteiger partial charge in [0.15, 0.2) is 28.5 Å². The first-order chi connectivity index (χ1) is 20.3. The molecule has 6 rings (SSSR count). The molecule has 0 aliphatic heterocycles. The van der Waals surface area contributed by atoms with E-state index in [-0.39, 0.29) is 29.5 Å². The maximum Gasteiger partial charge on any atom is 0.255 e. The number of benzene rings is 2. The topological polar surface area (TPSA) is 92.5 Å². The third-order valence-corrected chi connectivity index (χ3v) is 7.11. The van der Waals surface area contributed by atoms with Gasteiger partial charge >= 0.3 is 0 Å². The molecule has 8 nitrogen and oxygen atoms in total. The molecule has 0 bridgehead atoms. The molecule has 3 aromatic heterocycles. The van der Waals surface area contributed by atoms with Crippen LogP contribution in [0, 0.1) is 11.6 Å². The molecule has 0 saturated heterocycles. The number of rotatable bonds is 9. The van der Waals surface area contributed by atoms with Crippen LogP contribution in [0.15, 0.2) is 78.1 Å². The van der Waals surface area contributed by atoms with Crippen LogP contribution in [-0.4, -0.2) is 34.5 Å². The van der Waals surface area contributed by atoms with E-state index in [0.29, 0.717) is 39.3 Å². The number of hydrogen-bond acceptors (Lipinski definition) is 7. The second-order valence-electron chi connectivity index (χ2n) is 9.97. The van der Waals surface area contributed by atoms with Crippen molar-refractivity contribution in [1.82, 2.24) is 14.5 Å². The van der Waals surface area contributed by atoms with Gasteiger partial charge in [-0.3, -0.25) is 14.6 Å². The maximum absolute atomic E-state index is 15.2. The van der Waals surface area contributed by atoms with Gasteiger partial charge in [-0.1, -0.05) is 12.1 Å². The Morgan fingerprint density at radius 3 is 2.38 bits per heavy atom. The highest BCUT2D eigenvalue weighted by Crippen LogP contribution is 2.37. The van der Waals surface area contributed by atoms with E-state index in [9.17, 15) is 14.0 Å². The minimum absolute atomic E-state index is 0.0166. The van der Waals surface area contributed by atoms with E-state index in [2.05, 4.69) is 9.97 Å². The lowest BCUT2D eigenvalue weighted by atomic mass is 10.00. The molecule has 0 radical (unpaired) electrons. The molecule has 2 aromatic carbocycles. The average molecular weight is 570 g/mol. The van der Waals surface area contributed by atoms with Crippen LogP contribution in [0.1, 0.15) is 34.8 Å². The predicted octanol–water partition coefficient (Wildman–Crippen LogP) is 6.31. The number of hydrogen-bond donors (Lipinski definition) is 0. The Labute approximate surface area is 239 Å². The van der Waals surface area contributed by atoms with Crippen molar-refractivity contribution in [3.8, 4) is 34.3 Å². The van der Waals surface area contributed by atoms with Crippen LogP contribution in [-0.2, 0) is 6.42 Å². The first kappa shape index (κ1) is 27.1. The molecular formula is C32H25F2N3O5. The Morgan fingerprint density at radius 1 is 0.952 bits per heavy atom. The summed E-state index contributed by atoms with van der Waals surface area (Å²) in [5, 5.41) is 0.559. The average Bonchev–Trinajstić information content (AvgIpc) is 3.84. The van der Waals surface area contributed by atoms with Gasteiger partial charge in [0.1, 0.15) is 11.6 Å². The highest BCUT2D eigenvalue weighted by atomic mass is 19.1. The zero-order valence-corrected chi connectivity index (χ0v) is 22.8. The molecule has 0 N–H and O–H groups in total. The van der Waals surface area contributed by atoms with E-state index in [0.717, 1.165) is 18.9 Å². The van der Waals surface area contributed by atoms with Crippen molar-refractivity contribution < 1.29 is 27.8 Å². The minimum Gasteiger partial charge on any atom is -0.493 e. The molecule has 1 aliphatic carbocycles. The molecule has 0 amide bonds. The number of fused-ring (bicyclic) bond motifs is 1. The van der Waals surface area contributed by atoms with Crippen molar-refractivity contribution in [3.05, 3.63) is 106 Å². The Morgan fingerprint density at radius 2 is 1.69 bits per heavy atom. The summed E-state index contributed by atoms with van der Waals surface area (Å²) in [6.07, 6.45) is 7.73. The summed E-state index contributed by atoms with van der Waals surface area (Å²) in [6.45, 7) is 0. The Kier molecular flexibility index (Phi) is 7.12. The maximum atomic E-state index is 15.2. The van der Waals surface area contributed by atoms with Gasteiger partial charge in [0.2, 0.25) is 0 Å². The Bertz CT molecular complexity index is 1890. The zero-order valence-electron chi connectivity index (χ0n) is 22.8. The highest BCUT2D eigenvalue weighted by molar-refractivity contribution is 5.98. The van der Waals surface area contributed by atoms with Crippen molar-refractivity contribution in [2.24, 2.45) is 0 Å². The first-order valence-corrected chi connectivity index (χ1v) is 13.2. The van der Waals surface area contributed by atoms with Crippen LogP contribution in [0.4, 0.5) is 8.78 Å². The van der Waals surface area contributed by atoms with Gasteiger partial charge in [0.05, 0.1) is 25.3 Å². The molecule has 0 spiro atoms. The molecule has 42 heavy (non-hydrogen) atoms. The number of ketones is 1. The van der Waals surface area contributed by atoms with E-state index < -0.39 is 22.8 Å². The molecule has 3 heterocycles. The van der Waals surface area contributed by atoms with Crippen molar-refractivity contribution >= 4 is 16.7 Å². The van der Waals surface area contributed by atoms with Crippen molar-refractivity contribution in [1.29, 1.82) is 0 Å². The fraction of sp³-hybridized carbons (Fsp3) is 0.188. The SMILES string of the molecule is COc1cc2nccc(Oc3ncc(CC(=O)c4cn(C5CC5)cc(-c5ccc(F)cc5)c4=O)cc3F)c2cc1OC. The number of aromatic nitrogens is 3. The minimum atomic E-state index is -0.777. The molecule has 5 aromatic rings. The molecule has 212 valence electrons. The van der Waals surface area contributed by atoms with Gasteiger partial charge in [0, 0.05) is 54.3 Å². The van der Waals surface area contributed by atoms with Crippen molar-refractivity contribution in [3.63, 3.8) is 0 Å². The smallest absolute Gasteiger partial charge is 0.255 e. The summed E-state index contributed by atoms with van der Waals surface area (Å²) in [4.78, 5) is 35.1. The van der Waals surface area contributed by atoms with Gasteiger partial charge in [-0.25, -0.2) is 13.8 Å². The number of methoxy groups -OCH3 is 2. The zero-order chi connectivity index (χ0) is 29.4. The summed E-state index contributed by atoms with van der Waals surface area (Å²) in [6, 6.07) is 11.8. The lowest BCUT2D eigenvalue weighted by Crippen LogP contribution is -2.21. The summed E-state index contributed by atoms with van der Waals surface area (Å²) in [5.74, 6) is -0.727. The predicted molar refractivity (Wildman–Crippen MR) is 152 cm³/mol. The highest BCUT2D eigenvalue weighted by Gasteiger charge is 2.26. The number of carbonyl (C=O) groups is 1. The fourth-order valence-electron chi connectivity index (χ4n) is 4.77. The van der Waals surface area contributed by atoms with Crippen LogP contribution < -0.4 is 19.6 Å². The monoisotopic (exact) mass is 569 g/mol. The fourth-order valence-corrected chi connectivity index (χ4v) is 4.77. The first-order valence-electron chi connectivity index (χ1n) is 13.2. The van der Waals surface area contributed by atoms with E-state index in [1.165, 1.54) is 50.9 Å². The number of nitrogens with zero attached hydrogens (tertiary/aromatic N) is 3. The van der Waals surface area contributed by atoms with Gasteiger partial charge in [-0.05, 0) is 54.3 Å². The van der Waals surface area contributed by atoms with Gasteiger partial charge in [-0.2, -0.15) is 0 Å². The van der Waals surface area contributed by atoms with E-state index >= 15 is 4.39 Å². The van der Waals surface area contributed by atoms with Crippen molar-refractivity contribution in [2.75, 3.05) is 14.2 Å². The van der Waals surface area contributed by atoms with Gasteiger partial charge in [-0.15, -0.1) is 0 Å². The summed E-state index contributed by atoms with van der Waals surface area (Å²) < 4.78 is 47.0. The van der Waals surface area contributed by atoms with Gasteiger partial charge in [0.25, 0.3) is 5.88 Å². The summed E-state index contributed by atoms with van der Waals surface area (Å²) >= 11 is 0. The molecule has 1 fully saturated rings. The third kappa shape index (κ3) is 5.30. The Balaban J connectivity index is 1.27. The molecule has 0 unspecified atom stereocenters. The molecule has 10 heteroatoms. The lowest BCUT2D eigenvalue weighted by molar-refractivity contribution is 0.0991. The third-order valence-electron chi connectivity index (χ3n) is 7.11. The summed E-state index contributed by atoms with van der Waals surface area (Å²) in [7, 11) is 3.02. The van der Waals surface area contributed by atoms with E-state index in [1.54, 1.807) is 30.6 Å². The number of Topliss-reactive ketones (excluding diaryl/α,β-unsaturated/α-hetero) is 1. The van der Waals surface area contributed by atoms with Crippen LogP contribution in [0.2, 0.25) is 0 Å². The van der Waals surface area contributed by atoms with Crippen LogP contribution in [0.5, 0.6) is 23.1 Å².